The number of amides is 1. The number of piperazine rings is 1. The van der Waals surface area contributed by atoms with Gasteiger partial charge in [-0.05, 0) is 47.5 Å². The molecule has 2 heterocycles. The molecule has 0 unspecified atom stereocenters. The van der Waals surface area contributed by atoms with Crippen molar-refractivity contribution in [3.05, 3.63) is 125 Å². The van der Waals surface area contributed by atoms with E-state index < -0.39 is 0 Å². The van der Waals surface area contributed by atoms with Crippen molar-refractivity contribution in [2.75, 3.05) is 32.7 Å². The Morgan fingerprint density at radius 1 is 0.878 bits per heavy atom. The molecule has 4 aromatic carbocycles. The number of hydrazone groups is 1. The summed E-state index contributed by atoms with van der Waals surface area (Å²) in [4.78, 5) is 21.4. The summed E-state index contributed by atoms with van der Waals surface area (Å²) in [5, 5.41) is 19.2. The minimum atomic E-state index is -0.230. The Morgan fingerprint density at radius 2 is 1.53 bits per heavy atom. The third-order valence-corrected chi connectivity index (χ3v) is 7.99. The Labute approximate surface area is 295 Å². The highest BCUT2D eigenvalue weighted by atomic mass is 35.5. The van der Waals surface area contributed by atoms with Crippen LogP contribution in [0.15, 0.2) is 107 Å². The molecule has 1 amide bonds. The summed E-state index contributed by atoms with van der Waals surface area (Å²) >= 11 is 5.93. The summed E-state index contributed by atoms with van der Waals surface area (Å²) in [5.74, 6) is 2.15. The molecule has 0 saturated carbocycles. The van der Waals surface area contributed by atoms with Crippen LogP contribution in [0.4, 0.5) is 0 Å². The molecule has 1 fully saturated rings. The molecule has 5 aromatic rings. The molecular formula is C36H36Cl2N6O5. The summed E-state index contributed by atoms with van der Waals surface area (Å²) in [6.07, 6.45) is 1.41. The van der Waals surface area contributed by atoms with Crippen LogP contribution >= 0.6 is 24.0 Å². The van der Waals surface area contributed by atoms with Gasteiger partial charge in [-0.1, -0.05) is 71.4 Å². The van der Waals surface area contributed by atoms with E-state index in [2.05, 4.69) is 30.5 Å². The first-order valence-corrected chi connectivity index (χ1v) is 15.9. The van der Waals surface area contributed by atoms with Crippen molar-refractivity contribution in [3.63, 3.8) is 0 Å². The minimum Gasteiger partial charge on any atom is -0.507 e. The summed E-state index contributed by atoms with van der Waals surface area (Å²) in [5.41, 5.74) is 5.92. The second-order valence-electron chi connectivity index (χ2n) is 11.3. The molecule has 6 rings (SSSR count). The number of phenols is 1. The molecule has 1 aliphatic rings. The molecule has 49 heavy (non-hydrogen) atoms. The van der Waals surface area contributed by atoms with E-state index in [0.717, 1.165) is 35.5 Å². The van der Waals surface area contributed by atoms with Gasteiger partial charge in [0.2, 0.25) is 11.7 Å². The number of ether oxygens (including phenoxy) is 2. The van der Waals surface area contributed by atoms with E-state index in [0.29, 0.717) is 60.9 Å². The van der Waals surface area contributed by atoms with E-state index in [1.165, 1.54) is 12.3 Å². The molecule has 0 radical (unpaired) electrons. The van der Waals surface area contributed by atoms with Crippen LogP contribution < -0.4 is 14.9 Å². The van der Waals surface area contributed by atoms with Gasteiger partial charge in [0.05, 0.1) is 19.3 Å². The van der Waals surface area contributed by atoms with Crippen molar-refractivity contribution < 1.29 is 23.9 Å². The van der Waals surface area contributed by atoms with Crippen molar-refractivity contribution in [3.8, 4) is 28.6 Å². The van der Waals surface area contributed by atoms with E-state index in [4.69, 9.17) is 25.6 Å². The predicted octanol–water partition coefficient (Wildman–Crippen LogP) is 5.94. The minimum absolute atomic E-state index is 0. The van der Waals surface area contributed by atoms with E-state index in [1.807, 2.05) is 66.7 Å². The van der Waals surface area contributed by atoms with E-state index in [-0.39, 0.29) is 30.6 Å². The third kappa shape index (κ3) is 10.5. The number of hydrogen-bond acceptors (Lipinski definition) is 10. The van der Waals surface area contributed by atoms with Gasteiger partial charge in [0.1, 0.15) is 30.5 Å². The van der Waals surface area contributed by atoms with Gasteiger partial charge in [-0.15, -0.1) is 12.4 Å². The fraction of sp³-hybridized carbons (Fsp3) is 0.222. The Bertz CT molecular complexity index is 1810. The van der Waals surface area contributed by atoms with Gasteiger partial charge < -0.3 is 19.1 Å². The van der Waals surface area contributed by atoms with Crippen LogP contribution in [0.1, 0.15) is 22.6 Å². The molecule has 0 spiro atoms. The number of hydrogen-bond donors (Lipinski definition) is 2. The van der Waals surface area contributed by atoms with Gasteiger partial charge in [0.25, 0.3) is 5.91 Å². The molecule has 1 aliphatic heterocycles. The molecular weight excluding hydrogens is 667 g/mol. The summed E-state index contributed by atoms with van der Waals surface area (Å²) in [6.45, 7) is 4.51. The molecule has 0 aliphatic carbocycles. The quantitative estimate of drug-likeness (QED) is 0.113. The summed E-state index contributed by atoms with van der Waals surface area (Å²) < 4.78 is 17.1. The average Bonchev–Trinajstić information content (AvgIpc) is 3.58. The maximum Gasteiger partial charge on any atom is 0.254 e. The van der Waals surface area contributed by atoms with Crippen molar-refractivity contribution >= 4 is 36.1 Å². The third-order valence-electron chi connectivity index (χ3n) is 7.73. The zero-order valence-electron chi connectivity index (χ0n) is 26.6. The van der Waals surface area contributed by atoms with Crippen LogP contribution in [0.2, 0.25) is 5.02 Å². The molecule has 0 bridgehead atoms. The molecule has 2 N–H and O–H groups in total. The molecule has 0 atom stereocenters. The van der Waals surface area contributed by atoms with Gasteiger partial charge in [0.15, 0.2) is 0 Å². The number of phenolic OH excluding ortho intramolecular Hbond substituents is 1. The molecule has 1 aromatic heterocycles. The van der Waals surface area contributed by atoms with Crippen LogP contribution in [0.3, 0.4) is 0 Å². The SMILES string of the molecule is Cl.O=C(CN1CCN(Cc2nc(-c3ccc(COc4ccc(Cl)cc4)cc3)no2)CC1)NN=Cc1ccc(OCc2ccccc2)cc1O. The number of halogens is 2. The van der Waals surface area contributed by atoms with Crippen LogP contribution in [-0.4, -0.2) is 69.9 Å². The monoisotopic (exact) mass is 702 g/mol. The first-order chi connectivity index (χ1) is 23.5. The summed E-state index contributed by atoms with van der Waals surface area (Å²) in [7, 11) is 0. The van der Waals surface area contributed by atoms with E-state index >= 15 is 0 Å². The maximum absolute atomic E-state index is 12.5. The number of nitrogens with zero attached hydrogens (tertiary/aromatic N) is 5. The Hall–Kier alpha value is -4.94. The standard InChI is InChI=1S/C36H35ClN6O5.ClH/c37-30-11-14-31(15-12-30)46-25-27-6-8-28(9-7-27)36-39-35(48-41-36)23-43-18-16-42(17-19-43)22-34(45)40-38-21-29-10-13-32(20-33(29)44)47-24-26-4-2-1-3-5-26;/h1-15,20-21,44H,16-19,22-25H2,(H,40,45);1H. The smallest absolute Gasteiger partial charge is 0.254 e. The molecule has 254 valence electrons. The topological polar surface area (TPSA) is 126 Å². The molecule has 11 nitrogen and oxygen atoms in total. The Morgan fingerprint density at radius 3 is 2.24 bits per heavy atom. The Balaban J connectivity index is 0.00000468. The van der Waals surface area contributed by atoms with Crippen LogP contribution in [-0.2, 0) is 24.6 Å². The second kappa shape index (κ2) is 17.5. The summed E-state index contributed by atoms with van der Waals surface area (Å²) in [6, 6.07) is 29.9. The van der Waals surface area contributed by atoms with Gasteiger partial charge in [-0.2, -0.15) is 10.1 Å². The zero-order valence-corrected chi connectivity index (χ0v) is 28.1. The predicted molar refractivity (Wildman–Crippen MR) is 189 cm³/mol. The fourth-order valence-electron chi connectivity index (χ4n) is 5.06. The number of rotatable bonds is 13. The van der Waals surface area contributed by atoms with Gasteiger partial charge in [-0.3, -0.25) is 14.6 Å². The van der Waals surface area contributed by atoms with Crippen molar-refractivity contribution in [2.24, 2.45) is 5.10 Å². The van der Waals surface area contributed by atoms with Gasteiger partial charge in [-0.25, -0.2) is 5.43 Å². The van der Waals surface area contributed by atoms with Crippen LogP contribution in [0.25, 0.3) is 11.4 Å². The number of nitrogens with one attached hydrogen (secondary N) is 1. The van der Waals surface area contributed by atoms with Crippen molar-refractivity contribution in [1.82, 2.24) is 25.4 Å². The number of aromatic hydroxyl groups is 1. The average molecular weight is 704 g/mol. The highest BCUT2D eigenvalue weighted by Gasteiger charge is 2.21. The molecule has 1 saturated heterocycles. The lowest BCUT2D eigenvalue weighted by atomic mass is 10.1. The van der Waals surface area contributed by atoms with Crippen molar-refractivity contribution in [1.29, 1.82) is 0 Å². The van der Waals surface area contributed by atoms with Crippen LogP contribution in [0, 0.1) is 0 Å². The van der Waals surface area contributed by atoms with Crippen molar-refractivity contribution in [2.45, 2.75) is 19.8 Å². The second-order valence-corrected chi connectivity index (χ2v) is 11.7. The normalized spacial score (nSPS) is 13.6. The lowest BCUT2D eigenvalue weighted by Gasteiger charge is -2.33. The van der Waals surface area contributed by atoms with Crippen LogP contribution in [0.5, 0.6) is 17.2 Å². The zero-order chi connectivity index (χ0) is 33.1. The number of benzene rings is 4. The van der Waals surface area contributed by atoms with E-state index in [9.17, 15) is 9.90 Å². The largest absolute Gasteiger partial charge is 0.507 e. The van der Waals surface area contributed by atoms with E-state index in [1.54, 1.807) is 24.3 Å². The first-order valence-electron chi connectivity index (χ1n) is 15.5. The maximum atomic E-state index is 12.5. The number of carbonyl (C=O) groups excluding carboxylic acids is 1. The van der Waals surface area contributed by atoms with Gasteiger partial charge in [0, 0.05) is 48.4 Å². The first kappa shape index (κ1) is 35.4. The fourth-order valence-corrected chi connectivity index (χ4v) is 5.18. The molecule has 13 heteroatoms. The lowest BCUT2D eigenvalue weighted by Crippen LogP contribution is -2.48. The Kier molecular flexibility index (Phi) is 12.6. The lowest BCUT2D eigenvalue weighted by molar-refractivity contribution is -0.122. The highest BCUT2D eigenvalue weighted by molar-refractivity contribution is 6.30. The number of aromatic nitrogens is 2. The van der Waals surface area contributed by atoms with Gasteiger partial charge >= 0.3 is 0 Å². The highest BCUT2D eigenvalue weighted by Crippen LogP contribution is 2.23. The number of carbonyl (C=O) groups is 1.